The average Bonchev–Trinajstić information content (AvgIpc) is 2.29. The van der Waals surface area contributed by atoms with Gasteiger partial charge >= 0.3 is 5.97 Å². The third kappa shape index (κ3) is 2.86. The Kier molecular flexibility index (Phi) is 4.78. The molecule has 2 atom stereocenters. The largest absolute Gasteiger partial charge is 0.465 e. The summed E-state index contributed by atoms with van der Waals surface area (Å²) in [6.45, 7) is 10.2. The van der Waals surface area contributed by atoms with Crippen molar-refractivity contribution < 1.29 is 19.4 Å². The van der Waals surface area contributed by atoms with E-state index in [1.54, 1.807) is 20.8 Å². The first-order chi connectivity index (χ1) is 8.24. The number of rotatable bonds is 4. The van der Waals surface area contributed by atoms with E-state index >= 15 is 0 Å². The van der Waals surface area contributed by atoms with Crippen molar-refractivity contribution in [1.29, 1.82) is 0 Å². The number of esters is 1. The Balaban J connectivity index is 2.87. The fourth-order valence-electron chi connectivity index (χ4n) is 2.37. The molecule has 2 unspecified atom stereocenters. The van der Waals surface area contributed by atoms with Gasteiger partial charge in [0.2, 0.25) is 0 Å². The van der Waals surface area contributed by atoms with Crippen LogP contribution in [0.25, 0.3) is 0 Å². The van der Waals surface area contributed by atoms with E-state index in [1.807, 2.05) is 0 Å². The first-order valence-corrected chi connectivity index (χ1v) is 6.76. The summed E-state index contributed by atoms with van der Waals surface area (Å²) >= 11 is 0. The number of ether oxygens (including phenoxy) is 2. The van der Waals surface area contributed by atoms with Crippen LogP contribution in [0.15, 0.2) is 0 Å². The van der Waals surface area contributed by atoms with Crippen LogP contribution < -0.4 is 0 Å². The smallest absolute Gasteiger partial charge is 0.314 e. The van der Waals surface area contributed by atoms with Crippen LogP contribution in [0.3, 0.4) is 0 Å². The van der Waals surface area contributed by atoms with Gasteiger partial charge in [-0.05, 0) is 26.7 Å². The second-order valence-corrected chi connectivity index (χ2v) is 5.98. The molecule has 1 aliphatic rings. The second kappa shape index (κ2) is 5.57. The first kappa shape index (κ1) is 15.4. The fourth-order valence-corrected chi connectivity index (χ4v) is 2.37. The van der Waals surface area contributed by atoms with Crippen molar-refractivity contribution in [2.24, 2.45) is 11.3 Å². The van der Waals surface area contributed by atoms with Gasteiger partial charge in [0.15, 0.2) is 0 Å². The molecule has 1 aliphatic heterocycles. The molecule has 0 aromatic carbocycles. The molecule has 18 heavy (non-hydrogen) atoms. The third-order valence-corrected chi connectivity index (χ3v) is 4.08. The van der Waals surface area contributed by atoms with E-state index in [0.29, 0.717) is 32.0 Å². The van der Waals surface area contributed by atoms with Crippen molar-refractivity contribution in [2.75, 3.05) is 13.2 Å². The average molecular weight is 258 g/mol. The Hall–Kier alpha value is -0.610. The standard InChI is InChI=1S/C14H26O4/c1-6-17-12(15)13(4,5)14(16)7-8-18-11(9-14)10(2)3/h10-11,16H,6-9H2,1-5H3. The van der Waals surface area contributed by atoms with Crippen LogP contribution in [-0.2, 0) is 14.3 Å². The Labute approximate surface area is 110 Å². The molecule has 1 fully saturated rings. The van der Waals surface area contributed by atoms with E-state index in [9.17, 15) is 9.90 Å². The zero-order valence-electron chi connectivity index (χ0n) is 12.2. The number of aliphatic hydroxyl groups is 1. The van der Waals surface area contributed by atoms with Crippen molar-refractivity contribution >= 4 is 5.97 Å². The maximum absolute atomic E-state index is 12.0. The SMILES string of the molecule is CCOC(=O)C(C)(C)C1(O)CCOC(C(C)C)C1. The topological polar surface area (TPSA) is 55.8 Å². The van der Waals surface area contributed by atoms with E-state index in [4.69, 9.17) is 9.47 Å². The molecule has 0 radical (unpaired) electrons. The molecule has 0 aliphatic carbocycles. The summed E-state index contributed by atoms with van der Waals surface area (Å²) in [5, 5.41) is 10.8. The zero-order valence-corrected chi connectivity index (χ0v) is 12.2. The maximum Gasteiger partial charge on any atom is 0.314 e. The van der Waals surface area contributed by atoms with Crippen LogP contribution in [0.5, 0.6) is 0 Å². The van der Waals surface area contributed by atoms with Crippen LogP contribution in [0.1, 0.15) is 47.5 Å². The number of carbonyl (C=O) groups excluding carboxylic acids is 1. The molecule has 1 heterocycles. The van der Waals surface area contributed by atoms with Crippen LogP contribution in [0.4, 0.5) is 0 Å². The zero-order chi connectivity index (χ0) is 14.0. The normalized spacial score (nSPS) is 29.4. The minimum absolute atomic E-state index is 0.00236. The van der Waals surface area contributed by atoms with Gasteiger partial charge in [0.05, 0.1) is 23.7 Å². The van der Waals surface area contributed by atoms with E-state index in [1.165, 1.54) is 0 Å². The number of hydrogen-bond acceptors (Lipinski definition) is 4. The van der Waals surface area contributed by atoms with Crippen molar-refractivity contribution in [2.45, 2.75) is 59.2 Å². The number of hydrogen-bond donors (Lipinski definition) is 1. The fraction of sp³-hybridized carbons (Fsp3) is 0.929. The summed E-state index contributed by atoms with van der Waals surface area (Å²) in [6.07, 6.45) is 0.955. The molecule has 0 amide bonds. The van der Waals surface area contributed by atoms with Gasteiger partial charge in [-0.15, -0.1) is 0 Å². The van der Waals surface area contributed by atoms with Crippen molar-refractivity contribution in [3.8, 4) is 0 Å². The van der Waals surface area contributed by atoms with Gasteiger partial charge in [-0.25, -0.2) is 0 Å². The molecule has 4 heteroatoms. The molecule has 0 saturated carbocycles. The summed E-state index contributed by atoms with van der Waals surface area (Å²) in [5.74, 6) is -0.00766. The van der Waals surface area contributed by atoms with Crippen LogP contribution >= 0.6 is 0 Å². The maximum atomic E-state index is 12.0. The molecule has 106 valence electrons. The molecular weight excluding hydrogens is 232 g/mol. The molecule has 0 spiro atoms. The van der Waals surface area contributed by atoms with Gasteiger partial charge in [-0.1, -0.05) is 13.8 Å². The summed E-state index contributed by atoms with van der Waals surface area (Å²) in [6, 6.07) is 0. The van der Waals surface area contributed by atoms with Gasteiger partial charge in [0.25, 0.3) is 0 Å². The molecular formula is C14H26O4. The molecule has 0 bridgehead atoms. The van der Waals surface area contributed by atoms with Crippen molar-refractivity contribution in [3.63, 3.8) is 0 Å². The molecule has 0 aromatic rings. The van der Waals surface area contributed by atoms with E-state index in [0.717, 1.165) is 0 Å². The lowest BCUT2D eigenvalue weighted by molar-refractivity contribution is -0.194. The Morgan fingerprint density at radius 3 is 2.67 bits per heavy atom. The van der Waals surface area contributed by atoms with Gasteiger partial charge in [-0.2, -0.15) is 0 Å². The molecule has 0 aromatic heterocycles. The lowest BCUT2D eigenvalue weighted by Crippen LogP contribution is -2.55. The quantitative estimate of drug-likeness (QED) is 0.785. The van der Waals surface area contributed by atoms with E-state index in [2.05, 4.69) is 13.8 Å². The van der Waals surface area contributed by atoms with E-state index < -0.39 is 11.0 Å². The highest BCUT2D eigenvalue weighted by Crippen LogP contribution is 2.42. The highest BCUT2D eigenvalue weighted by atomic mass is 16.5. The van der Waals surface area contributed by atoms with Gasteiger partial charge < -0.3 is 14.6 Å². The molecule has 1 N–H and O–H groups in total. The highest BCUT2D eigenvalue weighted by molar-refractivity contribution is 5.77. The third-order valence-electron chi connectivity index (χ3n) is 4.08. The van der Waals surface area contributed by atoms with Crippen molar-refractivity contribution in [3.05, 3.63) is 0 Å². The van der Waals surface area contributed by atoms with Gasteiger partial charge in [0, 0.05) is 19.4 Å². The summed E-state index contributed by atoms with van der Waals surface area (Å²) in [4.78, 5) is 12.0. The Morgan fingerprint density at radius 2 is 2.17 bits per heavy atom. The minimum atomic E-state index is -1.05. The predicted molar refractivity (Wildman–Crippen MR) is 69.2 cm³/mol. The summed E-state index contributed by atoms with van der Waals surface area (Å²) in [5.41, 5.74) is -1.95. The summed E-state index contributed by atoms with van der Waals surface area (Å²) in [7, 11) is 0. The van der Waals surface area contributed by atoms with Gasteiger partial charge in [-0.3, -0.25) is 4.79 Å². The molecule has 1 saturated heterocycles. The monoisotopic (exact) mass is 258 g/mol. The molecule has 4 nitrogen and oxygen atoms in total. The minimum Gasteiger partial charge on any atom is -0.465 e. The Bertz CT molecular complexity index is 298. The van der Waals surface area contributed by atoms with E-state index in [-0.39, 0.29) is 12.1 Å². The highest BCUT2D eigenvalue weighted by Gasteiger charge is 2.52. The Morgan fingerprint density at radius 1 is 1.56 bits per heavy atom. The first-order valence-electron chi connectivity index (χ1n) is 6.76. The predicted octanol–water partition coefficient (Wildman–Crippen LogP) is 2.14. The van der Waals surface area contributed by atoms with Crippen molar-refractivity contribution in [1.82, 2.24) is 0 Å². The lowest BCUT2D eigenvalue weighted by Gasteiger charge is -2.46. The number of carbonyl (C=O) groups is 1. The van der Waals surface area contributed by atoms with Crippen LogP contribution in [0.2, 0.25) is 0 Å². The van der Waals surface area contributed by atoms with Crippen LogP contribution in [0, 0.1) is 11.3 Å². The summed E-state index contributed by atoms with van der Waals surface area (Å²) < 4.78 is 10.7. The molecule has 1 rings (SSSR count). The van der Waals surface area contributed by atoms with Crippen LogP contribution in [-0.4, -0.2) is 36.0 Å². The second-order valence-electron chi connectivity index (χ2n) is 5.98. The van der Waals surface area contributed by atoms with Gasteiger partial charge in [0.1, 0.15) is 0 Å². The lowest BCUT2D eigenvalue weighted by atomic mass is 9.68.